The molecule has 5 aliphatic heterocycles. The summed E-state index contributed by atoms with van der Waals surface area (Å²) in [5.74, 6) is -0.467. The molecule has 6 aliphatic rings. The molecule has 1 aromatic heterocycles. The van der Waals surface area contributed by atoms with Gasteiger partial charge in [0.05, 0.1) is 11.1 Å². The third kappa shape index (κ3) is 6.77. The zero-order chi connectivity index (χ0) is 36.1. The Balaban J connectivity index is 0.744. The number of hydrogen-bond acceptors (Lipinski definition) is 10. The van der Waals surface area contributed by atoms with E-state index in [1.807, 2.05) is 19.1 Å². The topological polar surface area (TPSA) is 177 Å². The summed E-state index contributed by atoms with van der Waals surface area (Å²) >= 11 is 0. The number of H-pyrrole nitrogens is 1. The number of aromatic nitrogens is 2. The molecule has 15 nitrogen and oxygen atoms in total. The largest absolute Gasteiger partial charge is 0.446 e. The predicted octanol–water partition coefficient (Wildman–Crippen LogP) is 2.85. The van der Waals surface area contributed by atoms with Crippen LogP contribution in [0.2, 0.25) is 0 Å². The minimum absolute atomic E-state index is 0.0252. The minimum atomic E-state index is -0.972. The molecule has 6 heterocycles. The van der Waals surface area contributed by atoms with Crippen molar-refractivity contribution in [2.24, 2.45) is 11.8 Å². The number of carbonyl (C=O) groups excluding carboxylic acids is 6. The molecule has 52 heavy (non-hydrogen) atoms. The van der Waals surface area contributed by atoms with E-state index >= 15 is 0 Å². The summed E-state index contributed by atoms with van der Waals surface area (Å²) in [4.78, 5) is 82.9. The molecular weight excluding hydrogens is 668 g/mol. The van der Waals surface area contributed by atoms with Crippen LogP contribution >= 0.6 is 0 Å². The zero-order valence-corrected chi connectivity index (χ0v) is 29.5. The predicted molar refractivity (Wildman–Crippen MR) is 187 cm³/mol. The van der Waals surface area contributed by atoms with E-state index in [1.54, 1.807) is 17.0 Å². The van der Waals surface area contributed by atoms with Gasteiger partial charge >= 0.3 is 6.09 Å². The lowest BCUT2D eigenvalue weighted by Crippen LogP contribution is -2.54. The first-order valence-electron chi connectivity index (χ1n) is 18.7. The van der Waals surface area contributed by atoms with Gasteiger partial charge in [0.15, 0.2) is 5.82 Å². The van der Waals surface area contributed by atoms with Crippen LogP contribution in [0, 0.1) is 11.8 Å². The maximum atomic E-state index is 13.2. The molecule has 4 saturated heterocycles. The number of imide groups is 2. The number of nitrogens with one attached hydrogen (secondary N) is 3. The second-order valence-electron chi connectivity index (χ2n) is 15.5. The molecule has 6 amide bonds. The summed E-state index contributed by atoms with van der Waals surface area (Å²) < 4.78 is 5.74. The van der Waals surface area contributed by atoms with Gasteiger partial charge in [-0.2, -0.15) is 5.10 Å². The highest BCUT2D eigenvalue weighted by molar-refractivity contribution is 6.23. The lowest BCUT2D eigenvalue weighted by molar-refractivity contribution is -0.136. The van der Waals surface area contributed by atoms with Crippen LogP contribution in [0.3, 0.4) is 0 Å². The number of nitrogens with zero attached hydrogens (tertiary/aromatic N) is 5. The number of piperidine rings is 2. The van der Waals surface area contributed by atoms with E-state index in [0.29, 0.717) is 29.6 Å². The maximum Gasteiger partial charge on any atom is 0.410 e. The first-order valence-corrected chi connectivity index (χ1v) is 18.7. The van der Waals surface area contributed by atoms with Gasteiger partial charge in [0.1, 0.15) is 12.1 Å². The Labute approximate surface area is 301 Å². The van der Waals surface area contributed by atoms with Crippen molar-refractivity contribution in [3.05, 3.63) is 41.1 Å². The van der Waals surface area contributed by atoms with E-state index in [9.17, 15) is 28.8 Å². The van der Waals surface area contributed by atoms with E-state index in [0.717, 1.165) is 94.1 Å². The van der Waals surface area contributed by atoms with Gasteiger partial charge < -0.3 is 24.8 Å². The number of anilines is 2. The molecule has 1 aliphatic carbocycles. The summed E-state index contributed by atoms with van der Waals surface area (Å²) in [6, 6.07) is 6.46. The summed E-state index contributed by atoms with van der Waals surface area (Å²) in [5, 5.41) is 12.6. The quantitative estimate of drug-likeness (QED) is 0.328. The van der Waals surface area contributed by atoms with Crippen molar-refractivity contribution in [1.82, 2.24) is 30.2 Å². The fourth-order valence-electron chi connectivity index (χ4n) is 8.68. The van der Waals surface area contributed by atoms with Gasteiger partial charge in [0, 0.05) is 74.3 Å². The molecule has 0 bridgehead atoms. The molecule has 2 aromatic rings. The average molecular weight is 715 g/mol. The number of ether oxygens (including phenoxy) is 1. The van der Waals surface area contributed by atoms with Gasteiger partial charge in [-0.05, 0) is 89.1 Å². The summed E-state index contributed by atoms with van der Waals surface area (Å²) in [6.07, 6.45) is 5.81. The lowest BCUT2D eigenvalue weighted by Gasteiger charge is -2.44. The van der Waals surface area contributed by atoms with Crippen molar-refractivity contribution >= 4 is 47.1 Å². The van der Waals surface area contributed by atoms with Crippen molar-refractivity contribution in [3.63, 3.8) is 0 Å². The van der Waals surface area contributed by atoms with E-state index < -0.39 is 29.7 Å². The van der Waals surface area contributed by atoms with Crippen LogP contribution in [0.5, 0.6) is 0 Å². The van der Waals surface area contributed by atoms with Gasteiger partial charge in [0.2, 0.25) is 17.7 Å². The van der Waals surface area contributed by atoms with Gasteiger partial charge in [-0.1, -0.05) is 0 Å². The Morgan fingerprint density at radius 3 is 2.44 bits per heavy atom. The van der Waals surface area contributed by atoms with Gasteiger partial charge in [-0.25, -0.2) is 4.79 Å². The van der Waals surface area contributed by atoms with Crippen molar-refractivity contribution in [2.75, 3.05) is 49.5 Å². The Kier molecular flexibility index (Phi) is 9.22. The monoisotopic (exact) mass is 714 g/mol. The van der Waals surface area contributed by atoms with Crippen LogP contribution in [0.15, 0.2) is 24.3 Å². The minimum Gasteiger partial charge on any atom is -0.446 e. The maximum absolute atomic E-state index is 13.2. The molecule has 4 atom stereocenters. The van der Waals surface area contributed by atoms with Crippen molar-refractivity contribution in [3.8, 4) is 0 Å². The van der Waals surface area contributed by atoms with Gasteiger partial charge in [-0.15, -0.1) is 0 Å². The molecular formula is C37H46N8O7. The lowest BCUT2D eigenvalue weighted by atomic mass is 9.91. The van der Waals surface area contributed by atoms with Crippen molar-refractivity contribution < 1.29 is 33.5 Å². The van der Waals surface area contributed by atoms with Crippen molar-refractivity contribution in [1.29, 1.82) is 0 Å². The summed E-state index contributed by atoms with van der Waals surface area (Å²) in [7, 11) is 0. The summed E-state index contributed by atoms with van der Waals surface area (Å²) in [5.41, 5.74) is 2.43. The molecule has 1 aromatic carbocycles. The third-order valence-corrected chi connectivity index (χ3v) is 12.0. The molecule has 1 unspecified atom stereocenters. The second-order valence-corrected chi connectivity index (χ2v) is 15.5. The Morgan fingerprint density at radius 1 is 0.923 bits per heavy atom. The average Bonchev–Trinajstić information content (AvgIpc) is 3.81. The normalized spacial score (nSPS) is 27.0. The highest BCUT2D eigenvalue weighted by Gasteiger charge is 2.45. The van der Waals surface area contributed by atoms with Crippen LogP contribution in [0.25, 0.3) is 0 Å². The Bertz CT molecular complexity index is 1780. The number of amides is 6. The fourth-order valence-corrected chi connectivity index (χ4v) is 8.68. The summed E-state index contributed by atoms with van der Waals surface area (Å²) in [6.45, 7) is 7.34. The Hall–Kier alpha value is -4.79. The van der Waals surface area contributed by atoms with Crippen LogP contribution in [0.1, 0.15) is 97.0 Å². The van der Waals surface area contributed by atoms with E-state index in [-0.39, 0.29) is 48.5 Å². The smallest absolute Gasteiger partial charge is 0.410 e. The van der Waals surface area contributed by atoms with Crippen LogP contribution in [0.4, 0.5) is 16.3 Å². The number of rotatable bonds is 9. The first kappa shape index (κ1) is 34.3. The highest BCUT2D eigenvalue weighted by Crippen LogP contribution is 2.37. The number of carbonyl (C=O) groups is 6. The molecule has 3 N–H and O–H groups in total. The molecule has 0 radical (unpaired) electrons. The highest BCUT2D eigenvalue weighted by atomic mass is 16.6. The number of likely N-dealkylation sites (tertiary alicyclic amines) is 2. The van der Waals surface area contributed by atoms with Crippen LogP contribution < -0.4 is 15.5 Å². The first-order chi connectivity index (χ1) is 25.1. The molecule has 1 saturated carbocycles. The Morgan fingerprint density at radius 2 is 1.71 bits per heavy atom. The fraction of sp³-hybridized carbons (Fsp3) is 0.595. The standard InChI is InChI=1S/C37H46N8O7/c1-21-8-13-44(21)37(51)52-26-4-2-24(15-26)29-17-31(41-40-29)38-33(47)14-22-9-11-42(12-10-22)18-23-19-43(20-23)25-3-5-27-28(16-25)36(50)45(35(27)49)30-6-7-32(46)39-34(30)48/h3,5,16-17,21-24,26,30H,2,4,6-15,18-20H2,1H3,(H,39,46,48)(H2,38,40,41,47)/t21-,24-,26+,30?/m0/s1. The third-order valence-electron chi connectivity index (χ3n) is 12.0. The number of fused-ring (bicyclic) bond motifs is 1. The number of aromatic amines is 1. The molecule has 8 rings (SSSR count). The molecule has 0 spiro atoms. The van der Waals surface area contributed by atoms with E-state index in [2.05, 4.69) is 30.6 Å². The number of hydrogen-bond donors (Lipinski definition) is 3. The van der Waals surface area contributed by atoms with Crippen molar-refractivity contribution in [2.45, 2.75) is 88.8 Å². The number of benzene rings is 1. The van der Waals surface area contributed by atoms with E-state index in [1.165, 1.54) is 0 Å². The molecule has 15 heteroatoms. The SMILES string of the molecule is C[C@H]1CCN1C(=O)O[C@@H]1CC[C@H](c2cc(NC(=O)CC3CCN(CC4CN(c5ccc6c(c5)C(=O)N(C5CCC(=O)NC5=O)C6=O)C4)CC3)n[nH]2)C1. The van der Waals surface area contributed by atoms with E-state index in [4.69, 9.17) is 4.74 Å². The van der Waals surface area contributed by atoms with Crippen LogP contribution in [-0.4, -0.2) is 118 Å². The molecule has 276 valence electrons. The zero-order valence-electron chi connectivity index (χ0n) is 29.5. The van der Waals surface area contributed by atoms with Gasteiger partial charge in [0.25, 0.3) is 11.8 Å². The van der Waals surface area contributed by atoms with Gasteiger partial charge in [-0.3, -0.25) is 39.3 Å². The second kappa shape index (κ2) is 14.0. The van der Waals surface area contributed by atoms with Crippen LogP contribution in [-0.2, 0) is 19.1 Å². The molecule has 5 fully saturated rings.